The lowest BCUT2D eigenvalue weighted by atomic mass is 10.1. The number of hydrogen-bond donors (Lipinski definition) is 1. The van der Waals surface area contributed by atoms with E-state index in [0.717, 1.165) is 34.9 Å². The zero-order valence-corrected chi connectivity index (χ0v) is 13.5. The lowest BCUT2D eigenvalue weighted by Gasteiger charge is -2.08. The molecule has 0 aliphatic heterocycles. The maximum Gasteiger partial charge on any atom is 0.0758 e. The number of nitrogens with one attached hydrogen (secondary N) is 1. The fourth-order valence-electron chi connectivity index (χ4n) is 2.40. The number of fused-ring (bicyclic) bond motifs is 1. The van der Waals surface area contributed by atoms with Gasteiger partial charge in [-0.1, -0.05) is 28.1 Å². The van der Waals surface area contributed by atoms with E-state index in [9.17, 15) is 0 Å². The number of hydrogen-bond acceptors (Lipinski definition) is 3. The average molecular weight is 345 g/mol. The fraction of sp³-hybridized carbons (Fsp3) is 0.250. The first kappa shape index (κ1) is 14.2. The molecule has 0 radical (unpaired) electrons. The number of benzene rings is 1. The van der Waals surface area contributed by atoms with Crippen LogP contribution in [0.3, 0.4) is 0 Å². The number of rotatable bonds is 5. The summed E-state index contributed by atoms with van der Waals surface area (Å²) in [6, 6.07) is 8.26. The highest BCUT2D eigenvalue weighted by Gasteiger charge is 2.05. The maximum absolute atomic E-state index is 4.50. The molecular formula is C16H17BrN4. The van der Waals surface area contributed by atoms with Crippen LogP contribution in [0.1, 0.15) is 11.1 Å². The van der Waals surface area contributed by atoms with Gasteiger partial charge in [-0.2, -0.15) is 5.10 Å². The minimum atomic E-state index is 0.820. The van der Waals surface area contributed by atoms with Gasteiger partial charge in [0.2, 0.25) is 0 Å². The van der Waals surface area contributed by atoms with Gasteiger partial charge >= 0.3 is 0 Å². The molecule has 1 aromatic carbocycles. The molecule has 0 unspecified atom stereocenters. The molecule has 0 spiro atoms. The summed E-state index contributed by atoms with van der Waals surface area (Å²) in [6.45, 7) is 1.75. The molecule has 2 aromatic heterocycles. The largest absolute Gasteiger partial charge is 0.312 e. The molecule has 0 atom stereocenters. The Morgan fingerprint density at radius 2 is 2.19 bits per heavy atom. The third-order valence-corrected chi connectivity index (χ3v) is 4.16. The Kier molecular flexibility index (Phi) is 4.31. The Hall–Kier alpha value is -1.72. The standard InChI is InChI=1S/C16H17BrN4/c1-21-11-12(9-20-21)6-8-18-10-13-4-5-15(17)14-3-2-7-19-16(13)14/h2-5,7,9,11,18H,6,8,10H2,1H3. The molecule has 0 amide bonds. The van der Waals surface area contributed by atoms with Crippen LogP contribution in [0.25, 0.3) is 10.9 Å². The summed E-state index contributed by atoms with van der Waals surface area (Å²) in [6.07, 6.45) is 6.79. The molecule has 2 heterocycles. The van der Waals surface area contributed by atoms with Crippen molar-refractivity contribution in [2.75, 3.05) is 6.54 Å². The first-order chi connectivity index (χ1) is 10.2. The molecule has 0 saturated heterocycles. The zero-order valence-electron chi connectivity index (χ0n) is 11.9. The molecule has 108 valence electrons. The summed E-state index contributed by atoms with van der Waals surface area (Å²) in [4.78, 5) is 4.50. The molecule has 4 nitrogen and oxygen atoms in total. The Balaban J connectivity index is 1.64. The van der Waals surface area contributed by atoms with Gasteiger partial charge in [0.1, 0.15) is 0 Å². The molecule has 3 aromatic rings. The van der Waals surface area contributed by atoms with Crippen molar-refractivity contribution in [2.24, 2.45) is 7.05 Å². The monoisotopic (exact) mass is 344 g/mol. The fourth-order valence-corrected chi connectivity index (χ4v) is 2.85. The highest BCUT2D eigenvalue weighted by atomic mass is 79.9. The molecule has 0 aliphatic rings. The quantitative estimate of drug-likeness (QED) is 0.723. The van der Waals surface area contributed by atoms with Crippen molar-refractivity contribution in [2.45, 2.75) is 13.0 Å². The van der Waals surface area contributed by atoms with Gasteiger partial charge in [-0.15, -0.1) is 0 Å². The third-order valence-electron chi connectivity index (χ3n) is 3.46. The van der Waals surface area contributed by atoms with E-state index in [1.807, 2.05) is 30.2 Å². The normalized spacial score (nSPS) is 11.1. The lowest BCUT2D eigenvalue weighted by Crippen LogP contribution is -2.16. The summed E-state index contributed by atoms with van der Waals surface area (Å²) in [7, 11) is 1.94. The molecule has 0 aliphatic carbocycles. The number of pyridine rings is 1. The highest BCUT2D eigenvalue weighted by molar-refractivity contribution is 9.10. The first-order valence-electron chi connectivity index (χ1n) is 6.94. The average Bonchev–Trinajstić information content (AvgIpc) is 2.91. The van der Waals surface area contributed by atoms with Crippen LogP contribution < -0.4 is 5.32 Å². The second-order valence-electron chi connectivity index (χ2n) is 5.06. The van der Waals surface area contributed by atoms with Gasteiger partial charge in [0.25, 0.3) is 0 Å². The Bertz CT molecular complexity index is 751. The summed E-state index contributed by atoms with van der Waals surface area (Å²) in [5.74, 6) is 0. The highest BCUT2D eigenvalue weighted by Crippen LogP contribution is 2.25. The van der Waals surface area contributed by atoms with E-state index in [1.54, 1.807) is 0 Å². The second kappa shape index (κ2) is 6.37. The lowest BCUT2D eigenvalue weighted by molar-refractivity contribution is 0.688. The predicted octanol–water partition coefficient (Wildman–Crippen LogP) is 3.06. The van der Waals surface area contributed by atoms with E-state index < -0.39 is 0 Å². The van der Waals surface area contributed by atoms with Crippen LogP contribution in [0.5, 0.6) is 0 Å². The van der Waals surface area contributed by atoms with Crippen LogP contribution in [0.15, 0.2) is 47.3 Å². The van der Waals surface area contributed by atoms with Crippen molar-refractivity contribution < 1.29 is 0 Å². The third kappa shape index (κ3) is 3.31. The molecule has 5 heteroatoms. The van der Waals surface area contributed by atoms with Crippen molar-refractivity contribution in [3.8, 4) is 0 Å². The van der Waals surface area contributed by atoms with Crippen LogP contribution in [-0.4, -0.2) is 21.3 Å². The summed E-state index contributed by atoms with van der Waals surface area (Å²) >= 11 is 3.58. The van der Waals surface area contributed by atoms with E-state index in [-0.39, 0.29) is 0 Å². The van der Waals surface area contributed by atoms with Crippen molar-refractivity contribution in [1.82, 2.24) is 20.1 Å². The maximum atomic E-state index is 4.50. The van der Waals surface area contributed by atoms with Gasteiger partial charge < -0.3 is 5.32 Å². The van der Waals surface area contributed by atoms with Gasteiger partial charge in [0, 0.05) is 35.8 Å². The van der Waals surface area contributed by atoms with Gasteiger partial charge in [0.15, 0.2) is 0 Å². The van der Waals surface area contributed by atoms with E-state index >= 15 is 0 Å². The Morgan fingerprint density at radius 3 is 3.00 bits per heavy atom. The number of nitrogens with zero attached hydrogens (tertiary/aromatic N) is 3. The van der Waals surface area contributed by atoms with Crippen LogP contribution in [0.2, 0.25) is 0 Å². The molecular weight excluding hydrogens is 328 g/mol. The van der Waals surface area contributed by atoms with Crippen LogP contribution in [0.4, 0.5) is 0 Å². The van der Waals surface area contributed by atoms with Crippen molar-refractivity contribution >= 4 is 26.8 Å². The molecule has 1 N–H and O–H groups in total. The SMILES string of the molecule is Cn1cc(CCNCc2ccc(Br)c3cccnc23)cn1. The van der Waals surface area contributed by atoms with E-state index in [4.69, 9.17) is 0 Å². The molecule has 0 saturated carbocycles. The van der Waals surface area contributed by atoms with Gasteiger partial charge in [-0.3, -0.25) is 9.67 Å². The van der Waals surface area contributed by atoms with Gasteiger partial charge in [0.05, 0.1) is 11.7 Å². The summed E-state index contributed by atoms with van der Waals surface area (Å²) in [5.41, 5.74) is 3.53. The molecule has 0 bridgehead atoms. The van der Waals surface area contributed by atoms with E-state index in [0.29, 0.717) is 0 Å². The van der Waals surface area contributed by atoms with E-state index in [2.05, 4.69) is 55.7 Å². The summed E-state index contributed by atoms with van der Waals surface area (Å²) < 4.78 is 2.92. The minimum Gasteiger partial charge on any atom is -0.312 e. The van der Waals surface area contributed by atoms with Crippen LogP contribution in [-0.2, 0) is 20.0 Å². The van der Waals surface area contributed by atoms with Crippen molar-refractivity contribution in [3.05, 3.63) is 58.5 Å². The number of halogens is 1. The van der Waals surface area contributed by atoms with E-state index in [1.165, 1.54) is 11.1 Å². The molecule has 3 rings (SSSR count). The van der Waals surface area contributed by atoms with Crippen molar-refractivity contribution in [3.63, 3.8) is 0 Å². The number of aryl methyl sites for hydroxylation is 1. The zero-order chi connectivity index (χ0) is 14.7. The van der Waals surface area contributed by atoms with Crippen LogP contribution >= 0.6 is 15.9 Å². The molecule has 0 fully saturated rings. The van der Waals surface area contributed by atoms with Crippen LogP contribution in [0, 0.1) is 0 Å². The van der Waals surface area contributed by atoms with Crippen molar-refractivity contribution in [1.29, 1.82) is 0 Å². The first-order valence-corrected chi connectivity index (χ1v) is 7.73. The van der Waals surface area contributed by atoms with Gasteiger partial charge in [-0.25, -0.2) is 0 Å². The second-order valence-corrected chi connectivity index (χ2v) is 5.91. The molecule has 21 heavy (non-hydrogen) atoms. The predicted molar refractivity (Wildman–Crippen MR) is 88.1 cm³/mol. The Morgan fingerprint density at radius 1 is 1.29 bits per heavy atom. The van der Waals surface area contributed by atoms with Gasteiger partial charge in [-0.05, 0) is 36.2 Å². The summed E-state index contributed by atoms with van der Waals surface area (Å²) in [5, 5.41) is 8.81. The number of aromatic nitrogens is 3. The smallest absolute Gasteiger partial charge is 0.0758 e. The minimum absolute atomic E-state index is 0.820. The Labute approximate surface area is 132 Å². The topological polar surface area (TPSA) is 42.7 Å².